The number of benzene rings is 4. The van der Waals surface area contributed by atoms with Gasteiger partial charge in [-0.15, -0.1) is 0 Å². The first-order valence-electron chi connectivity index (χ1n) is 15.4. The molecule has 1 aromatic heterocycles. The van der Waals surface area contributed by atoms with Gasteiger partial charge in [-0.3, -0.25) is 19.1 Å². The van der Waals surface area contributed by atoms with Crippen LogP contribution in [0.4, 0.5) is 4.39 Å². The molecule has 0 aliphatic carbocycles. The van der Waals surface area contributed by atoms with Crippen LogP contribution in [0, 0.1) is 12.7 Å². The van der Waals surface area contributed by atoms with Crippen molar-refractivity contribution in [1.82, 2.24) is 19.8 Å². The molecule has 6 rings (SSSR count). The van der Waals surface area contributed by atoms with E-state index in [4.69, 9.17) is 4.74 Å². The van der Waals surface area contributed by atoms with E-state index in [1.165, 1.54) is 58.5 Å². The van der Waals surface area contributed by atoms with Gasteiger partial charge in [-0.05, 0) is 85.8 Å². The number of hydrogen-bond acceptors (Lipinski definition) is 5. The number of nitrogens with one attached hydrogen (secondary N) is 1. The molecule has 1 fully saturated rings. The number of nitrogens with zero attached hydrogens (tertiary/aromatic N) is 3. The first-order chi connectivity index (χ1) is 21.9. The molecule has 0 saturated carbocycles. The third-order valence-electron chi connectivity index (χ3n) is 8.03. The quantitative estimate of drug-likeness (QED) is 0.201. The lowest BCUT2D eigenvalue weighted by molar-refractivity contribution is -0.110. The average Bonchev–Trinajstić information content (AvgIpc) is 3.07. The zero-order valence-electron chi connectivity index (χ0n) is 25.8. The fourth-order valence-corrected chi connectivity index (χ4v) is 5.55. The second-order valence-corrected chi connectivity index (χ2v) is 11.2. The van der Waals surface area contributed by atoms with Gasteiger partial charge in [-0.25, -0.2) is 9.37 Å². The van der Waals surface area contributed by atoms with E-state index in [0.29, 0.717) is 28.8 Å². The van der Waals surface area contributed by atoms with Crippen LogP contribution in [0.5, 0.6) is 0 Å². The Morgan fingerprint density at radius 3 is 2.29 bits per heavy atom. The molecule has 1 aliphatic heterocycles. The van der Waals surface area contributed by atoms with E-state index in [0.717, 1.165) is 38.3 Å². The van der Waals surface area contributed by atoms with E-state index in [1.54, 1.807) is 13.0 Å². The molecule has 8 heteroatoms. The first kappa shape index (κ1) is 31.8. The van der Waals surface area contributed by atoms with Crippen molar-refractivity contribution < 1.29 is 13.9 Å². The highest BCUT2D eigenvalue weighted by molar-refractivity contribution is 5.81. The van der Waals surface area contributed by atoms with Crippen LogP contribution >= 0.6 is 0 Å². The van der Waals surface area contributed by atoms with Crippen LogP contribution in [0.3, 0.4) is 0 Å². The maximum Gasteiger partial charge on any atom is 0.266 e. The van der Waals surface area contributed by atoms with Crippen molar-refractivity contribution in [3.63, 3.8) is 0 Å². The Morgan fingerprint density at radius 2 is 1.60 bits per heavy atom. The Hall–Kier alpha value is -4.66. The lowest BCUT2D eigenvalue weighted by atomic mass is 10.0. The van der Waals surface area contributed by atoms with Gasteiger partial charge in [-0.2, -0.15) is 0 Å². The largest absolute Gasteiger partial charge is 0.379 e. The van der Waals surface area contributed by atoms with Crippen molar-refractivity contribution in [2.45, 2.75) is 32.7 Å². The van der Waals surface area contributed by atoms with E-state index in [2.05, 4.69) is 69.8 Å². The summed E-state index contributed by atoms with van der Waals surface area (Å²) in [5.74, 6) is -0.00542. The van der Waals surface area contributed by atoms with Gasteiger partial charge in [0.25, 0.3) is 5.56 Å². The minimum atomic E-state index is -0.481. The zero-order valence-corrected chi connectivity index (χ0v) is 25.8. The number of amides is 1. The van der Waals surface area contributed by atoms with Crippen LogP contribution in [0.15, 0.2) is 102 Å². The summed E-state index contributed by atoms with van der Waals surface area (Å²) in [6.07, 6.45) is 2.95. The van der Waals surface area contributed by atoms with Gasteiger partial charge in [-0.1, -0.05) is 66.7 Å². The summed E-state index contributed by atoms with van der Waals surface area (Å²) in [4.78, 5) is 30.9. The van der Waals surface area contributed by atoms with Gasteiger partial charge in [0, 0.05) is 13.1 Å². The fraction of sp³-hybridized carbons (Fsp3) is 0.270. The van der Waals surface area contributed by atoms with E-state index < -0.39 is 11.9 Å². The molecule has 5 aromatic rings. The van der Waals surface area contributed by atoms with Gasteiger partial charge in [0.05, 0.1) is 35.8 Å². The molecular formula is C37H39FN4O3. The van der Waals surface area contributed by atoms with E-state index in [1.807, 2.05) is 19.1 Å². The van der Waals surface area contributed by atoms with E-state index in [9.17, 15) is 14.0 Å². The number of carbonyl (C=O) groups excluding carboxylic acids is 1. The number of rotatable bonds is 9. The number of carbonyl (C=O) groups is 1. The minimum absolute atomic E-state index is 0.251. The van der Waals surface area contributed by atoms with Crippen LogP contribution in [0.25, 0.3) is 27.7 Å². The predicted molar refractivity (Wildman–Crippen MR) is 177 cm³/mol. The van der Waals surface area contributed by atoms with E-state index >= 15 is 0 Å². The summed E-state index contributed by atoms with van der Waals surface area (Å²) in [5.41, 5.74) is 5.64. The van der Waals surface area contributed by atoms with E-state index in [-0.39, 0.29) is 5.56 Å². The van der Waals surface area contributed by atoms with Gasteiger partial charge in [0.2, 0.25) is 6.41 Å². The zero-order chi connectivity index (χ0) is 31.6. The molecule has 1 aliphatic rings. The molecular weight excluding hydrogens is 567 g/mol. The molecule has 1 unspecified atom stereocenters. The molecule has 45 heavy (non-hydrogen) atoms. The first-order valence-corrected chi connectivity index (χ1v) is 15.4. The Labute approximate surface area is 263 Å². The standard InChI is InChI=1S/C19H23NO.C18H16FN3O2/c1-2-6-18(7-3-1)19-10-8-17(9-11-19)5-4-12-20-13-15-21-16-14-20;1-11-4-3-5-15-16(11)18(24)22(14-8-6-13(19)7-9-14)17(21-15)12(2)20-10-23/h1-3,6-11H,4-5,12-16H2;3-10,12H,1-2H3,(H,20,23). The van der Waals surface area contributed by atoms with Gasteiger partial charge >= 0.3 is 0 Å². The third kappa shape index (κ3) is 8.09. The van der Waals surface area contributed by atoms with Crippen LogP contribution < -0.4 is 10.9 Å². The number of ether oxygens (including phenoxy) is 1. The molecule has 0 bridgehead atoms. The summed E-state index contributed by atoms with van der Waals surface area (Å²) in [7, 11) is 0. The van der Waals surface area contributed by atoms with Crippen molar-refractivity contribution in [2.75, 3.05) is 32.8 Å². The number of fused-ring (bicyclic) bond motifs is 1. The van der Waals surface area contributed by atoms with Crippen LogP contribution in [-0.2, 0) is 16.0 Å². The maximum atomic E-state index is 13.2. The Morgan fingerprint density at radius 1 is 0.911 bits per heavy atom. The van der Waals surface area contributed by atoms with Gasteiger partial charge in [0.15, 0.2) is 0 Å². The second-order valence-electron chi connectivity index (χ2n) is 11.2. The molecule has 1 N–H and O–H groups in total. The van der Waals surface area contributed by atoms with Crippen LogP contribution in [0.2, 0.25) is 0 Å². The lowest BCUT2D eigenvalue weighted by Crippen LogP contribution is -2.36. The Kier molecular flexibility index (Phi) is 10.8. The molecule has 2 heterocycles. The summed E-state index contributed by atoms with van der Waals surface area (Å²) < 4.78 is 20.0. The van der Waals surface area contributed by atoms with Crippen molar-refractivity contribution in [3.05, 3.63) is 130 Å². The van der Waals surface area contributed by atoms with Gasteiger partial charge < -0.3 is 10.1 Å². The van der Waals surface area contributed by atoms with Crippen LogP contribution in [-0.4, -0.2) is 53.7 Å². The molecule has 4 aromatic carbocycles. The number of hydrogen-bond donors (Lipinski definition) is 1. The third-order valence-corrected chi connectivity index (χ3v) is 8.03. The molecule has 0 radical (unpaired) electrons. The maximum absolute atomic E-state index is 13.2. The number of morpholine rings is 1. The Bertz CT molecular complexity index is 1750. The summed E-state index contributed by atoms with van der Waals surface area (Å²) in [5, 5.41) is 3.12. The highest BCUT2D eigenvalue weighted by Crippen LogP contribution is 2.21. The topological polar surface area (TPSA) is 76.5 Å². The SMILES string of the molecule is Cc1cccc2nc(C(C)NC=O)n(-c3ccc(F)cc3)c(=O)c12.c1ccc(-c2ccc(CCCN3CCOCC3)cc2)cc1. The molecule has 1 saturated heterocycles. The minimum Gasteiger partial charge on any atom is -0.379 e. The normalized spacial score (nSPS) is 13.9. The highest BCUT2D eigenvalue weighted by Gasteiger charge is 2.18. The Balaban J connectivity index is 0.000000179. The molecule has 1 atom stereocenters. The van der Waals surface area contributed by atoms with Gasteiger partial charge in [0.1, 0.15) is 11.6 Å². The summed E-state index contributed by atoms with van der Waals surface area (Å²) >= 11 is 0. The number of halogens is 1. The monoisotopic (exact) mass is 606 g/mol. The number of aromatic nitrogens is 2. The van der Waals surface area contributed by atoms with Crippen molar-refractivity contribution >= 4 is 17.3 Å². The molecule has 7 nitrogen and oxygen atoms in total. The smallest absolute Gasteiger partial charge is 0.266 e. The molecule has 232 valence electrons. The second kappa shape index (κ2) is 15.4. The molecule has 1 amide bonds. The fourth-order valence-electron chi connectivity index (χ4n) is 5.55. The average molecular weight is 607 g/mol. The van der Waals surface area contributed by atoms with Crippen molar-refractivity contribution in [2.24, 2.45) is 0 Å². The van der Waals surface area contributed by atoms with Crippen LogP contribution in [0.1, 0.15) is 36.3 Å². The summed E-state index contributed by atoms with van der Waals surface area (Å²) in [6.45, 7) is 8.73. The van der Waals surface area contributed by atoms with Crippen molar-refractivity contribution in [3.8, 4) is 16.8 Å². The number of aryl methyl sites for hydroxylation is 2. The highest BCUT2D eigenvalue weighted by atomic mass is 19.1. The predicted octanol–water partition coefficient (Wildman–Crippen LogP) is 6.26. The molecule has 0 spiro atoms. The lowest BCUT2D eigenvalue weighted by Gasteiger charge is -2.26. The summed E-state index contributed by atoms with van der Waals surface area (Å²) in [6, 6.07) is 30.1. The van der Waals surface area contributed by atoms with Crippen molar-refractivity contribution in [1.29, 1.82) is 0 Å².